The van der Waals surface area contributed by atoms with Crippen molar-refractivity contribution in [1.29, 1.82) is 0 Å². The number of nitrogens with one attached hydrogen (secondary N) is 2. The molecule has 0 aliphatic rings. The Hall–Kier alpha value is -2.86. The van der Waals surface area contributed by atoms with Gasteiger partial charge in [0.2, 0.25) is 5.91 Å². The van der Waals surface area contributed by atoms with Gasteiger partial charge >= 0.3 is 6.09 Å². The molecule has 2 aromatic rings. The van der Waals surface area contributed by atoms with Crippen LogP contribution < -0.4 is 10.6 Å². The van der Waals surface area contributed by atoms with Crippen molar-refractivity contribution < 1.29 is 19.1 Å². The van der Waals surface area contributed by atoms with Gasteiger partial charge in [-0.3, -0.25) is 4.79 Å². The number of carbonyl (C=O) groups excluding carboxylic acids is 2. The van der Waals surface area contributed by atoms with E-state index < -0.39 is 12.1 Å². The Morgan fingerprint density at radius 1 is 0.962 bits per heavy atom. The molecule has 0 aromatic heterocycles. The number of benzene rings is 2. The van der Waals surface area contributed by atoms with Crippen LogP contribution >= 0.6 is 0 Å². The number of amides is 2. The Bertz CT molecular complexity index is 677. The monoisotopic (exact) mass is 356 g/mol. The van der Waals surface area contributed by atoms with Crippen LogP contribution in [0.5, 0.6) is 0 Å². The molecule has 0 aliphatic carbocycles. The molecule has 0 fully saturated rings. The van der Waals surface area contributed by atoms with Crippen LogP contribution in [0.2, 0.25) is 0 Å². The Balaban J connectivity index is 1.93. The SMILES string of the molecule is COCCNC(=O)[C@@H](Cc1ccccc1)NC(=O)OCc1ccccc1. The van der Waals surface area contributed by atoms with Crippen molar-refractivity contribution in [3.8, 4) is 0 Å². The van der Waals surface area contributed by atoms with E-state index in [9.17, 15) is 9.59 Å². The predicted molar refractivity (Wildman–Crippen MR) is 98.6 cm³/mol. The van der Waals surface area contributed by atoms with Crippen molar-refractivity contribution in [1.82, 2.24) is 10.6 Å². The standard InChI is InChI=1S/C20H24N2O4/c1-25-13-12-21-19(23)18(14-16-8-4-2-5-9-16)22-20(24)26-15-17-10-6-3-7-11-17/h2-11,18H,12-15H2,1H3,(H,21,23)(H,22,24)/t18-/m1/s1. The molecule has 0 saturated heterocycles. The summed E-state index contributed by atoms with van der Waals surface area (Å²) in [7, 11) is 1.56. The predicted octanol–water partition coefficient (Wildman–Crippen LogP) is 2.29. The molecule has 6 nitrogen and oxygen atoms in total. The molecule has 138 valence electrons. The van der Waals surface area contributed by atoms with Gasteiger partial charge in [-0.15, -0.1) is 0 Å². The Morgan fingerprint density at radius 3 is 2.19 bits per heavy atom. The minimum Gasteiger partial charge on any atom is -0.445 e. The van der Waals surface area contributed by atoms with E-state index in [1.807, 2.05) is 60.7 Å². The maximum atomic E-state index is 12.4. The smallest absolute Gasteiger partial charge is 0.408 e. The molecule has 2 aromatic carbocycles. The summed E-state index contributed by atoms with van der Waals surface area (Å²) in [6, 6.07) is 18.2. The third-order valence-electron chi connectivity index (χ3n) is 3.71. The molecule has 0 unspecified atom stereocenters. The van der Waals surface area contributed by atoms with E-state index in [1.165, 1.54) is 0 Å². The molecule has 1 atom stereocenters. The third-order valence-corrected chi connectivity index (χ3v) is 3.71. The first-order valence-corrected chi connectivity index (χ1v) is 8.47. The molecule has 0 radical (unpaired) electrons. The van der Waals surface area contributed by atoms with E-state index in [-0.39, 0.29) is 12.5 Å². The Morgan fingerprint density at radius 2 is 1.58 bits per heavy atom. The van der Waals surface area contributed by atoms with Crippen LogP contribution in [-0.2, 0) is 27.3 Å². The first-order chi connectivity index (χ1) is 12.7. The van der Waals surface area contributed by atoms with Gasteiger partial charge in [-0.1, -0.05) is 60.7 Å². The maximum Gasteiger partial charge on any atom is 0.408 e. The summed E-state index contributed by atoms with van der Waals surface area (Å²) in [6.45, 7) is 0.930. The third kappa shape index (κ3) is 6.94. The summed E-state index contributed by atoms with van der Waals surface area (Å²) in [5.74, 6) is -0.275. The van der Waals surface area contributed by atoms with E-state index in [2.05, 4.69) is 10.6 Å². The lowest BCUT2D eigenvalue weighted by atomic mass is 10.1. The highest BCUT2D eigenvalue weighted by atomic mass is 16.5. The van der Waals surface area contributed by atoms with Gasteiger partial charge in [0.05, 0.1) is 6.61 Å². The number of rotatable bonds is 9. The number of methoxy groups -OCH3 is 1. The fourth-order valence-electron chi connectivity index (χ4n) is 2.37. The molecule has 0 bridgehead atoms. The van der Waals surface area contributed by atoms with E-state index in [4.69, 9.17) is 9.47 Å². The van der Waals surface area contributed by atoms with Crippen LogP contribution in [0, 0.1) is 0 Å². The van der Waals surface area contributed by atoms with Gasteiger partial charge in [0.1, 0.15) is 12.6 Å². The van der Waals surface area contributed by atoms with Crippen LogP contribution in [0.25, 0.3) is 0 Å². The van der Waals surface area contributed by atoms with E-state index >= 15 is 0 Å². The average molecular weight is 356 g/mol. The van der Waals surface area contributed by atoms with Crippen molar-refractivity contribution in [2.45, 2.75) is 19.1 Å². The summed E-state index contributed by atoms with van der Waals surface area (Å²) in [4.78, 5) is 24.5. The summed E-state index contributed by atoms with van der Waals surface area (Å²) in [5, 5.41) is 5.40. The largest absolute Gasteiger partial charge is 0.445 e. The zero-order valence-electron chi connectivity index (χ0n) is 14.8. The average Bonchev–Trinajstić information content (AvgIpc) is 2.67. The van der Waals surface area contributed by atoms with Crippen LogP contribution in [0.1, 0.15) is 11.1 Å². The van der Waals surface area contributed by atoms with Crippen molar-refractivity contribution in [2.75, 3.05) is 20.3 Å². The molecule has 0 spiro atoms. The lowest BCUT2D eigenvalue weighted by Gasteiger charge is -2.18. The lowest BCUT2D eigenvalue weighted by molar-refractivity contribution is -0.123. The first kappa shape index (κ1) is 19.5. The van der Waals surface area contributed by atoms with Crippen molar-refractivity contribution >= 4 is 12.0 Å². The minimum absolute atomic E-state index is 0.149. The van der Waals surface area contributed by atoms with Gasteiger partial charge in [0.15, 0.2) is 0 Å². The highest BCUT2D eigenvalue weighted by molar-refractivity contribution is 5.85. The zero-order valence-corrected chi connectivity index (χ0v) is 14.8. The van der Waals surface area contributed by atoms with E-state index in [1.54, 1.807) is 7.11 Å². The lowest BCUT2D eigenvalue weighted by Crippen LogP contribution is -2.48. The van der Waals surface area contributed by atoms with E-state index in [0.717, 1.165) is 11.1 Å². The molecule has 0 heterocycles. The second-order valence-corrected chi connectivity index (χ2v) is 5.73. The molecule has 0 saturated carbocycles. The molecule has 26 heavy (non-hydrogen) atoms. The van der Waals surface area contributed by atoms with Gasteiger partial charge in [-0.25, -0.2) is 4.79 Å². The summed E-state index contributed by atoms with van der Waals surface area (Å²) in [5.41, 5.74) is 1.83. The topological polar surface area (TPSA) is 76.7 Å². The molecular weight excluding hydrogens is 332 g/mol. The minimum atomic E-state index is -0.725. The first-order valence-electron chi connectivity index (χ1n) is 8.47. The van der Waals surface area contributed by atoms with Gasteiger partial charge in [0, 0.05) is 20.1 Å². The second kappa shape index (κ2) is 10.9. The quantitative estimate of drug-likeness (QED) is 0.676. The van der Waals surface area contributed by atoms with Crippen LogP contribution in [-0.4, -0.2) is 38.3 Å². The van der Waals surface area contributed by atoms with Crippen LogP contribution in [0.4, 0.5) is 4.79 Å². The molecular formula is C20H24N2O4. The highest BCUT2D eigenvalue weighted by Gasteiger charge is 2.21. The Kier molecular flexibility index (Phi) is 8.15. The normalized spacial score (nSPS) is 11.4. The van der Waals surface area contributed by atoms with Crippen molar-refractivity contribution in [3.05, 3.63) is 71.8 Å². The second-order valence-electron chi connectivity index (χ2n) is 5.73. The molecule has 0 aliphatic heterocycles. The van der Waals surface area contributed by atoms with Gasteiger partial charge in [-0.05, 0) is 11.1 Å². The number of ether oxygens (including phenoxy) is 2. The van der Waals surface area contributed by atoms with Crippen LogP contribution in [0.3, 0.4) is 0 Å². The molecule has 2 amide bonds. The fraction of sp³-hybridized carbons (Fsp3) is 0.300. The summed E-state index contributed by atoms with van der Waals surface area (Å²) in [6.07, 6.45) is -0.253. The summed E-state index contributed by atoms with van der Waals surface area (Å²) >= 11 is 0. The molecule has 6 heteroatoms. The molecule has 2 N–H and O–H groups in total. The van der Waals surface area contributed by atoms with Crippen molar-refractivity contribution in [2.24, 2.45) is 0 Å². The maximum absolute atomic E-state index is 12.4. The highest BCUT2D eigenvalue weighted by Crippen LogP contribution is 2.05. The van der Waals surface area contributed by atoms with Gasteiger partial charge in [-0.2, -0.15) is 0 Å². The molecule has 2 rings (SSSR count). The summed E-state index contributed by atoms with van der Waals surface area (Å²) < 4.78 is 10.1. The van der Waals surface area contributed by atoms with Gasteiger partial charge < -0.3 is 20.1 Å². The number of hydrogen-bond acceptors (Lipinski definition) is 4. The number of hydrogen-bond donors (Lipinski definition) is 2. The zero-order chi connectivity index (χ0) is 18.6. The van der Waals surface area contributed by atoms with Crippen molar-refractivity contribution in [3.63, 3.8) is 0 Å². The van der Waals surface area contributed by atoms with E-state index in [0.29, 0.717) is 19.6 Å². The number of carbonyl (C=O) groups is 2. The van der Waals surface area contributed by atoms with Crippen LogP contribution in [0.15, 0.2) is 60.7 Å². The number of alkyl carbamates (subject to hydrolysis) is 1. The Labute approximate surface area is 153 Å². The fourth-order valence-corrected chi connectivity index (χ4v) is 2.37. The van der Waals surface area contributed by atoms with Gasteiger partial charge in [0.25, 0.3) is 0 Å².